The van der Waals surface area contributed by atoms with Gasteiger partial charge in [0.15, 0.2) is 0 Å². The molecule has 0 spiro atoms. The summed E-state index contributed by atoms with van der Waals surface area (Å²) in [6.45, 7) is 3.88. The zero-order chi connectivity index (χ0) is 10.7. The van der Waals surface area contributed by atoms with Crippen LogP contribution in [0.2, 0.25) is 0 Å². The van der Waals surface area contributed by atoms with Gasteiger partial charge in [-0.1, -0.05) is 0 Å². The first-order valence-corrected chi connectivity index (χ1v) is 4.63. The summed E-state index contributed by atoms with van der Waals surface area (Å²) in [5.41, 5.74) is 0.736. The van der Waals surface area contributed by atoms with Gasteiger partial charge in [-0.2, -0.15) is 5.21 Å². The Hall–Kier alpha value is -1.98. The molecule has 0 aromatic carbocycles. The molecule has 0 bridgehead atoms. The van der Waals surface area contributed by atoms with Crippen molar-refractivity contribution < 1.29 is 4.74 Å². The summed E-state index contributed by atoms with van der Waals surface area (Å²) >= 11 is 0. The van der Waals surface area contributed by atoms with E-state index in [1.54, 1.807) is 12.3 Å². The summed E-state index contributed by atoms with van der Waals surface area (Å²) in [5, 5.41) is 13.7. The van der Waals surface area contributed by atoms with Crippen molar-refractivity contribution in [1.29, 1.82) is 0 Å². The molecule has 0 atom stereocenters. The lowest BCUT2D eigenvalue weighted by molar-refractivity contribution is 0.233. The summed E-state index contributed by atoms with van der Waals surface area (Å²) in [4.78, 5) is 4.13. The molecule has 2 heterocycles. The number of aromatic amines is 1. The van der Waals surface area contributed by atoms with Crippen molar-refractivity contribution in [3.63, 3.8) is 0 Å². The lowest BCUT2D eigenvalue weighted by atomic mass is 10.2. The van der Waals surface area contributed by atoms with Crippen molar-refractivity contribution in [2.24, 2.45) is 0 Å². The highest BCUT2D eigenvalue weighted by Crippen LogP contribution is 2.24. The highest BCUT2D eigenvalue weighted by Gasteiger charge is 2.11. The van der Waals surface area contributed by atoms with E-state index in [9.17, 15) is 0 Å². The van der Waals surface area contributed by atoms with E-state index in [0.717, 1.165) is 5.56 Å². The number of nitrogens with zero attached hydrogens (tertiary/aromatic N) is 4. The second kappa shape index (κ2) is 4.04. The Kier molecular flexibility index (Phi) is 2.57. The molecule has 0 saturated heterocycles. The standard InChI is InChI=1S/C9H11N5O/c1-6(2)15-9-7(4-3-5-10-9)8-11-13-14-12-8/h3-6H,1-2H3,(H,11,12,13,14). The fourth-order valence-electron chi connectivity index (χ4n) is 1.15. The average molecular weight is 205 g/mol. The van der Waals surface area contributed by atoms with Crippen LogP contribution in [0, 0.1) is 0 Å². The SMILES string of the molecule is CC(C)Oc1ncccc1-c1nn[nH]n1. The molecule has 0 radical (unpaired) electrons. The smallest absolute Gasteiger partial charge is 0.224 e. The number of hydrogen-bond acceptors (Lipinski definition) is 5. The van der Waals surface area contributed by atoms with E-state index in [0.29, 0.717) is 11.7 Å². The molecule has 15 heavy (non-hydrogen) atoms. The molecule has 6 heteroatoms. The number of rotatable bonds is 3. The summed E-state index contributed by atoms with van der Waals surface area (Å²) < 4.78 is 5.54. The Morgan fingerprint density at radius 2 is 2.27 bits per heavy atom. The zero-order valence-corrected chi connectivity index (χ0v) is 8.51. The van der Waals surface area contributed by atoms with Gasteiger partial charge >= 0.3 is 0 Å². The molecule has 2 aromatic heterocycles. The predicted molar refractivity (Wildman–Crippen MR) is 53.2 cm³/mol. The number of aromatic nitrogens is 5. The van der Waals surface area contributed by atoms with E-state index in [-0.39, 0.29) is 6.10 Å². The first-order chi connectivity index (χ1) is 7.27. The quantitative estimate of drug-likeness (QED) is 0.810. The Labute approximate surface area is 86.7 Å². The maximum absolute atomic E-state index is 5.54. The van der Waals surface area contributed by atoms with Crippen LogP contribution < -0.4 is 4.74 Å². The van der Waals surface area contributed by atoms with Crippen LogP contribution >= 0.6 is 0 Å². The number of nitrogens with one attached hydrogen (secondary N) is 1. The van der Waals surface area contributed by atoms with E-state index in [2.05, 4.69) is 25.6 Å². The average Bonchev–Trinajstić information content (AvgIpc) is 2.70. The fourth-order valence-corrected chi connectivity index (χ4v) is 1.15. The molecular weight excluding hydrogens is 194 g/mol. The van der Waals surface area contributed by atoms with Gasteiger partial charge in [0, 0.05) is 6.20 Å². The molecule has 0 fully saturated rings. The zero-order valence-electron chi connectivity index (χ0n) is 8.51. The van der Waals surface area contributed by atoms with Gasteiger partial charge in [0.25, 0.3) is 0 Å². The molecule has 0 aliphatic heterocycles. The summed E-state index contributed by atoms with van der Waals surface area (Å²) in [6, 6.07) is 3.65. The van der Waals surface area contributed by atoms with Crippen molar-refractivity contribution in [1.82, 2.24) is 25.6 Å². The highest BCUT2D eigenvalue weighted by atomic mass is 16.5. The number of pyridine rings is 1. The Balaban J connectivity index is 2.38. The number of tetrazole rings is 1. The lowest BCUT2D eigenvalue weighted by Gasteiger charge is -2.10. The van der Waals surface area contributed by atoms with Crippen LogP contribution in [-0.4, -0.2) is 31.7 Å². The monoisotopic (exact) mass is 205 g/mol. The Morgan fingerprint density at radius 3 is 2.93 bits per heavy atom. The predicted octanol–water partition coefficient (Wildman–Crippen LogP) is 1.05. The molecule has 78 valence electrons. The molecule has 6 nitrogen and oxygen atoms in total. The molecule has 1 N–H and O–H groups in total. The number of H-pyrrole nitrogens is 1. The molecule has 0 aliphatic carbocycles. The van der Waals surface area contributed by atoms with Gasteiger partial charge in [-0.25, -0.2) is 4.98 Å². The molecule has 0 amide bonds. The van der Waals surface area contributed by atoms with Gasteiger partial charge < -0.3 is 4.74 Å². The third-order valence-electron chi connectivity index (χ3n) is 1.70. The largest absolute Gasteiger partial charge is 0.474 e. The molecule has 2 aromatic rings. The lowest BCUT2D eigenvalue weighted by Crippen LogP contribution is -2.08. The van der Waals surface area contributed by atoms with Crippen molar-refractivity contribution >= 4 is 0 Å². The molecular formula is C9H11N5O. The van der Waals surface area contributed by atoms with E-state index in [1.807, 2.05) is 19.9 Å². The highest BCUT2D eigenvalue weighted by molar-refractivity contribution is 5.60. The van der Waals surface area contributed by atoms with Crippen molar-refractivity contribution in [2.75, 3.05) is 0 Å². The summed E-state index contributed by atoms with van der Waals surface area (Å²) in [6.07, 6.45) is 1.73. The van der Waals surface area contributed by atoms with Crippen molar-refractivity contribution in [3.05, 3.63) is 18.3 Å². The van der Waals surface area contributed by atoms with E-state index < -0.39 is 0 Å². The first-order valence-electron chi connectivity index (χ1n) is 4.63. The maximum atomic E-state index is 5.54. The minimum atomic E-state index is 0.0607. The van der Waals surface area contributed by atoms with Crippen LogP contribution in [0.5, 0.6) is 5.88 Å². The topological polar surface area (TPSA) is 76.6 Å². The molecule has 0 unspecified atom stereocenters. The normalized spacial score (nSPS) is 10.6. The second-order valence-corrected chi connectivity index (χ2v) is 3.26. The van der Waals surface area contributed by atoms with Crippen LogP contribution in [0.3, 0.4) is 0 Å². The van der Waals surface area contributed by atoms with Crippen LogP contribution in [0.15, 0.2) is 18.3 Å². The third-order valence-corrected chi connectivity index (χ3v) is 1.70. The first kappa shape index (κ1) is 9.57. The Morgan fingerprint density at radius 1 is 1.40 bits per heavy atom. The summed E-state index contributed by atoms with van der Waals surface area (Å²) in [7, 11) is 0. The molecule has 0 aliphatic rings. The van der Waals surface area contributed by atoms with Gasteiger partial charge in [0.1, 0.15) is 0 Å². The Bertz CT molecular complexity index is 426. The van der Waals surface area contributed by atoms with Gasteiger partial charge in [0.05, 0.1) is 11.7 Å². The minimum absolute atomic E-state index is 0.0607. The van der Waals surface area contributed by atoms with Crippen molar-refractivity contribution in [3.8, 4) is 17.3 Å². The van der Waals surface area contributed by atoms with Crippen LogP contribution in [0.1, 0.15) is 13.8 Å². The van der Waals surface area contributed by atoms with E-state index in [1.165, 1.54) is 0 Å². The minimum Gasteiger partial charge on any atom is -0.474 e. The maximum Gasteiger partial charge on any atom is 0.224 e. The van der Waals surface area contributed by atoms with Gasteiger partial charge in [-0.3, -0.25) is 0 Å². The van der Waals surface area contributed by atoms with Gasteiger partial charge in [-0.15, -0.1) is 10.2 Å². The van der Waals surface area contributed by atoms with E-state index in [4.69, 9.17) is 4.74 Å². The van der Waals surface area contributed by atoms with Crippen LogP contribution in [0.4, 0.5) is 0 Å². The van der Waals surface area contributed by atoms with Crippen molar-refractivity contribution in [2.45, 2.75) is 20.0 Å². The van der Waals surface area contributed by atoms with E-state index >= 15 is 0 Å². The molecule has 2 rings (SSSR count). The van der Waals surface area contributed by atoms with Gasteiger partial charge in [0.2, 0.25) is 11.7 Å². The molecule has 0 saturated carbocycles. The van der Waals surface area contributed by atoms with Crippen LogP contribution in [0.25, 0.3) is 11.4 Å². The summed E-state index contributed by atoms with van der Waals surface area (Å²) in [5.74, 6) is 1.01. The van der Waals surface area contributed by atoms with Crippen LogP contribution in [-0.2, 0) is 0 Å². The third kappa shape index (κ3) is 2.09. The van der Waals surface area contributed by atoms with Gasteiger partial charge in [-0.05, 0) is 31.2 Å². The number of hydrogen-bond donors (Lipinski definition) is 1. The second-order valence-electron chi connectivity index (χ2n) is 3.26. The number of ether oxygens (including phenoxy) is 1. The fraction of sp³-hybridized carbons (Fsp3) is 0.333.